The van der Waals surface area contributed by atoms with Gasteiger partial charge in [0, 0.05) is 37.5 Å². The van der Waals surface area contributed by atoms with Crippen molar-refractivity contribution in [1.29, 1.82) is 5.26 Å². The lowest BCUT2D eigenvalue weighted by Crippen LogP contribution is -2.56. The maximum Gasteiger partial charge on any atom is 0.303 e. The van der Waals surface area contributed by atoms with Crippen molar-refractivity contribution in [2.24, 2.45) is 0 Å². The van der Waals surface area contributed by atoms with E-state index >= 15 is 4.39 Å². The van der Waals surface area contributed by atoms with Gasteiger partial charge in [0.2, 0.25) is 0 Å². The zero-order valence-corrected chi connectivity index (χ0v) is 26.4. The number of carbonyl (C=O) groups is 3. The molecule has 12 heteroatoms. The van der Waals surface area contributed by atoms with Crippen molar-refractivity contribution in [3.05, 3.63) is 70.0 Å². The third-order valence-corrected chi connectivity index (χ3v) is 8.98. The Morgan fingerprint density at radius 2 is 1.67 bits per heavy atom. The summed E-state index contributed by atoms with van der Waals surface area (Å²) in [4.78, 5) is 40.9. The first-order valence-electron chi connectivity index (χ1n) is 14.4. The van der Waals surface area contributed by atoms with E-state index in [2.05, 4.69) is 18.2 Å². The first kappa shape index (κ1) is 32.4. The molecule has 3 aromatic rings. The van der Waals surface area contributed by atoms with Gasteiger partial charge in [-0.3, -0.25) is 14.4 Å². The van der Waals surface area contributed by atoms with Crippen molar-refractivity contribution in [2.45, 2.75) is 75.2 Å². The van der Waals surface area contributed by atoms with Crippen molar-refractivity contribution >= 4 is 41.3 Å². The Morgan fingerprint density at radius 1 is 0.978 bits per heavy atom. The van der Waals surface area contributed by atoms with E-state index in [0.29, 0.717) is 5.69 Å². The van der Waals surface area contributed by atoms with Gasteiger partial charge in [0.1, 0.15) is 22.3 Å². The van der Waals surface area contributed by atoms with E-state index in [0.717, 1.165) is 43.0 Å². The standard InChI is InChI=1S/C33H30ClFN2O7S/c1-17(38)42-28-16-41-33(31(44-19(3)40)30(28)43-18(2)39)45-32-24(15-36)23(29-25(34)9-6-10-26(29)35)14-27(37-32)22-12-11-20-7-4-5-8-21(20)13-22/h6,9-14,28,30-31,33H,4-5,7-8,16H2,1-3H3/t28-,30-,31+,33-/m0/s1. The van der Waals surface area contributed by atoms with Gasteiger partial charge in [0.15, 0.2) is 18.3 Å². The van der Waals surface area contributed by atoms with Gasteiger partial charge in [-0.2, -0.15) is 5.26 Å². The zero-order chi connectivity index (χ0) is 32.2. The predicted octanol–water partition coefficient (Wildman–Crippen LogP) is 6.20. The molecule has 2 aliphatic rings. The van der Waals surface area contributed by atoms with Gasteiger partial charge in [-0.25, -0.2) is 9.37 Å². The smallest absolute Gasteiger partial charge is 0.303 e. The van der Waals surface area contributed by atoms with Crippen LogP contribution in [-0.4, -0.2) is 53.2 Å². The summed E-state index contributed by atoms with van der Waals surface area (Å²) in [7, 11) is 0. The van der Waals surface area contributed by atoms with Crippen molar-refractivity contribution in [2.75, 3.05) is 6.61 Å². The fraction of sp³-hybridized carbons (Fsp3) is 0.364. The number of esters is 3. The number of pyridine rings is 1. The summed E-state index contributed by atoms with van der Waals surface area (Å²) >= 11 is 7.43. The Labute approximate surface area is 269 Å². The van der Waals surface area contributed by atoms with Crippen LogP contribution in [0.5, 0.6) is 0 Å². The minimum atomic E-state index is -1.25. The summed E-state index contributed by atoms with van der Waals surface area (Å²) in [5.74, 6) is -2.67. The quantitative estimate of drug-likeness (QED) is 0.215. The van der Waals surface area contributed by atoms with E-state index in [9.17, 15) is 19.6 Å². The third kappa shape index (κ3) is 7.30. The number of thioether (sulfide) groups is 1. The Hall–Kier alpha value is -3.98. The summed E-state index contributed by atoms with van der Waals surface area (Å²) in [5, 5.41) is 10.6. The third-order valence-electron chi connectivity index (χ3n) is 7.51. The number of carbonyl (C=O) groups excluding carboxylic acids is 3. The molecule has 2 heterocycles. The Bertz CT molecular complexity index is 1670. The normalized spacial score (nSPS) is 20.8. The number of halogens is 2. The molecule has 1 saturated heterocycles. The second kappa shape index (κ2) is 14.0. The average molecular weight is 653 g/mol. The lowest BCUT2D eigenvalue weighted by atomic mass is 9.89. The van der Waals surface area contributed by atoms with E-state index in [-0.39, 0.29) is 33.3 Å². The molecule has 1 aliphatic carbocycles. The number of ether oxygens (including phenoxy) is 4. The molecule has 1 aromatic heterocycles. The number of nitriles is 1. The SMILES string of the molecule is CC(=O)O[C@@H]1[C@@H](OC(C)=O)[C@H](Sc2nc(-c3ccc4c(c3)CCCC4)cc(-c3c(F)cccc3Cl)c2C#N)OC[C@@H]1OC(C)=O. The van der Waals surface area contributed by atoms with Gasteiger partial charge in [0.25, 0.3) is 0 Å². The highest BCUT2D eigenvalue weighted by molar-refractivity contribution is 7.99. The molecule has 0 unspecified atom stereocenters. The first-order valence-corrected chi connectivity index (χ1v) is 15.6. The Balaban J connectivity index is 1.64. The van der Waals surface area contributed by atoms with E-state index < -0.39 is 47.5 Å². The monoisotopic (exact) mass is 652 g/mol. The molecule has 0 bridgehead atoms. The molecule has 0 radical (unpaired) electrons. The molecule has 4 atom stereocenters. The first-order chi connectivity index (χ1) is 21.5. The number of benzene rings is 2. The Kier molecular flexibility index (Phi) is 10.1. The fourth-order valence-corrected chi connectivity index (χ4v) is 7.03. The van der Waals surface area contributed by atoms with Crippen molar-refractivity contribution in [1.82, 2.24) is 4.98 Å². The van der Waals surface area contributed by atoms with Crippen LogP contribution in [0.3, 0.4) is 0 Å². The molecule has 9 nitrogen and oxygen atoms in total. The number of hydrogen-bond donors (Lipinski definition) is 0. The summed E-state index contributed by atoms with van der Waals surface area (Å²) < 4.78 is 37.7. The Morgan fingerprint density at radius 3 is 2.33 bits per heavy atom. The van der Waals surface area contributed by atoms with Crippen LogP contribution in [0.4, 0.5) is 4.39 Å². The van der Waals surface area contributed by atoms with Gasteiger partial charge in [0.05, 0.1) is 22.9 Å². The van der Waals surface area contributed by atoms with E-state index in [1.54, 1.807) is 6.07 Å². The van der Waals surface area contributed by atoms with Gasteiger partial charge in [-0.05, 0) is 61.1 Å². The highest BCUT2D eigenvalue weighted by atomic mass is 35.5. The molecule has 0 saturated carbocycles. The van der Waals surface area contributed by atoms with E-state index in [1.165, 1.54) is 50.1 Å². The number of nitrogens with zero attached hydrogens (tertiary/aromatic N) is 2. The topological polar surface area (TPSA) is 125 Å². The second-order valence-corrected chi connectivity index (χ2v) is 12.2. The van der Waals surface area contributed by atoms with Crippen LogP contribution in [0, 0.1) is 17.1 Å². The van der Waals surface area contributed by atoms with Crippen LogP contribution in [0.25, 0.3) is 22.4 Å². The molecule has 1 aliphatic heterocycles. The largest absolute Gasteiger partial charge is 0.456 e. The maximum atomic E-state index is 15.3. The van der Waals surface area contributed by atoms with Crippen LogP contribution < -0.4 is 0 Å². The minimum absolute atomic E-state index is 0.0185. The molecule has 0 spiro atoms. The van der Waals surface area contributed by atoms with Crippen molar-refractivity contribution in [3.63, 3.8) is 0 Å². The van der Waals surface area contributed by atoms with Crippen LogP contribution in [0.15, 0.2) is 47.5 Å². The average Bonchev–Trinajstić information content (AvgIpc) is 2.99. The number of aromatic nitrogens is 1. The molecule has 0 N–H and O–H groups in total. The van der Waals surface area contributed by atoms with Crippen molar-refractivity contribution in [3.8, 4) is 28.5 Å². The van der Waals surface area contributed by atoms with Gasteiger partial charge < -0.3 is 18.9 Å². The molecular weight excluding hydrogens is 623 g/mol. The fourth-order valence-electron chi connectivity index (χ4n) is 5.63. The molecule has 1 fully saturated rings. The van der Waals surface area contributed by atoms with E-state index in [4.69, 9.17) is 35.5 Å². The summed E-state index contributed by atoms with van der Waals surface area (Å²) in [5.41, 5.74) is 2.92. The highest BCUT2D eigenvalue weighted by Gasteiger charge is 2.47. The molecule has 234 valence electrons. The van der Waals surface area contributed by atoms with Crippen LogP contribution in [-0.2, 0) is 46.2 Å². The van der Waals surface area contributed by atoms with Gasteiger partial charge in [-0.1, -0.05) is 41.6 Å². The summed E-state index contributed by atoms with van der Waals surface area (Å²) in [6.07, 6.45) is 0.576. The van der Waals surface area contributed by atoms with Crippen LogP contribution in [0.1, 0.15) is 50.3 Å². The zero-order valence-electron chi connectivity index (χ0n) is 24.8. The minimum Gasteiger partial charge on any atom is -0.456 e. The molecule has 2 aromatic carbocycles. The molecular formula is C33H30ClFN2O7S. The predicted molar refractivity (Wildman–Crippen MR) is 164 cm³/mol. The number of fused-ring (bicyclic) bond motifs is 1. The number of hydrogen-bond acceptors (Lipinski definition) is 10. The van der Waals surface area contributed by atoms with Gasteiger partial charge >= 0.3 is 17.9 Å². The van der Waals surface area contributed by atoms with Crippen LogP contribution >= 0.6 is 23.4 Å². The number of aryl methyl sites for hydroxylation is 2. The second-order valence-electron chi connectivity index (χ2n) is 10.7. The molecule has 5 rings (SSSR count). The summed E-state index contributed by atoms with van der Waals surface area (Å²) in [6.45, 7) is 3.34. The summed E-state index contributed by atoms with van der Waals surface area (Å²) in [6, 6.07) is 14.1. The van der Waals surface area contributed by atoms with Crippen molar-refractivity contribution < 1.29 is 37.7 Å². The highest BCUT2D eigenvalue weighted by Crippen LogP contribution is 2.42. The number of rotatable bonds is 7. The maximum absolute atomic E-state index is 15.3. The van der Waals surface area contributed by atoms with E-state index in [1.807, 2.05) is 6.07 Å². The molecule has 45 heavy (non-hydrogen) atoms. The molecule has 0 amide bonds. The lowest BCUT2D eigenvalue weighted by molar-refractivity contribution is -0.213. The van der Waals surface area contributed by atoms with Crippen LogP contribution in [0.2, 0.25) is 5.02 Å². The lowest BCUT2D eigenvalue weighted by Gasteiger charge is -2.40. The van der Waals surface area contributed by atoms with Gasteiger partial charge in [-0.15, -0.1) is 0 Å².